The van der Waals surface area contributed by atoms with E-state index < -0.39 is 23.8 Å². The van der Waals surface area contributed by atoms with Crippen molar-refractivity contribution in [1.29, 1.82) is 0 Å². The molecule has 108 valence electrons. The molecule has 0 aliphatic carbocycles. The number of carboxylic acid groups (broad SMARTS) is 1. The van der Waals surface area contributed by atoms with Crippen LogP contribution < -0.4 is 4.74 Å². The van der Waals surface area contributed by atoms with Gasteiger partial charge in [0.1, 0.15) is 5.75 Å². The number of alkyl halides is 3. The molecule has 1 heterocycles. The standard InChI is InChI=1S/C11H4Cl2F3IO3/c12-5-2-3-1-4(10(18)19)9(11(14,15)16)20-8(3)6(13)7(5)17/h1-2,9H,(H,18,19). The van der Waals surface area contributed by atoms with Crippen LogP contribution in [-0.2, 0) is 4.79 Å². The highest BCUT2D eigenvalue weighted by Gasteiger charge is 2.49. The normalized spacial score (nSPS) is 18.1. The van der Waals surface area contributed by atoms with Crippen molar-refractivity contribution < 1.29 is 27.8 Å². The van der Waals surface area contributed by atoms with E-state index in [1.54, 1.807) is 22.6 Å². The van der Waals surface area contributed by atoms with Gasteiger partial charge in [0.15, 0.2) is 0 Å². The second-order valence-electron chi connectivity index (χ2n) is 3.85. The van der Waals surface area contributed by atoms with Crippen molar-refractivity contribution in [2.24, 2.45) is 0 Å². The molecule has 1 unspecified atom stereocenters. The van der Waals surface area contributed by atoms with E-state index in [2.05, 4.69) is 0 Å². The molecule has 20 heavy (non-hydrogen) atoms. The van der Waals surface area contributed by atoms with Crippen molar-refractivity contribution in [2.45, 2.75) is 12.3 Å². The Balaban J connectivity index is 2.66. The molecule has 0 amide bonds. The average molecular weight is 439 g/mol. The maximum Gasteiger partial charge on any atom is 0.430 e. The lowest BCUT2D eigenvalue weighted by Gasteiger charge is -2.28. The number of carboxylic acids is 1. The van der Waals surface area contributed by atoms with Gasteiger partial charge < -0.3 is 9.84 Å². The second-order valence-corrected chi connectivity index (χ2v) is 5.71. The quantitative estimate of drug-likeness (QED) is 0.522. The fourth-order valence-electron chi connectivity index (χ4n) is 1.67. The van der Waals surface area contributed by atoms with Gasteiger partial charge in [-0.1, -0.05) is 23.2 Å². The zero-order valence-electron chi connectivity index (χ0n) is 9.26. The Hall–Kier alpha value is -0.670. The van der Waals surface area contributed by atoms with Crippen LogP contribution in [0.1, 0.15) is 5.56 Å². The molecule has 0 saturated carbocycles. The molecule has 0 aromatic heterocycles. The first kappa shape index (κ1) is 15.7. The summed E-state index contributed by atoms with van der Waals surface area (Å²) in [6, 6.07) is 1.31. The zero-order valence-corrected chi connectivity index (χ0v) is 12.9. The molecular weight excluding hydrogens is 435 g/mol. The minimum Gasteiger partial charge on any atom is -0.478 e. The van der Waals surface area contributed by atoms with Crippen molar-refractivity contribution in [2.75, 3.05) is 0 Å². The van der Waals surface area contributed by atoms with E-state index in [0.29, 0.717) is 3.57 Å². The molecule has 0 spiro atoms. The summed E-state index contributed by atoms with van der Waals surface area (Å²) in [4.78, 5) is 10.9. The Bertz CT molecular complexity index is 628. The monoisotopic (exact) mass is 438 g/mol. The minimum atomic E-state index is -4.86. The predicted octanol–water partition coefficient (Wildman–Crippen LogP) is 4.39. The molecule has 0 fully saturated rings. The lowest BCUT2D eigenvalue weighted by atomic mass is 10.0. The fraction of sp³-hybridized carbons (Fsp3) is 0.182. The Kier molecular flexibility index (Phi) is 4.14. The summed E-state index contributed by atoms with van der Waals surface area (Å²) in [5.41, 5.74) is -0.823. The van der Waals surface area contributed by atoms with Gasteiger partial charge in [0.2, 0.25) is 6.10 Å². The number of ether oxygens (including phenoxy) is 1. The van der Waals surface area contributed by atoms with E-state index in [1.165, 1.54) is 6.07 Å². The van der Waals surface area contributed by atoms with Gasteiger partial charge in [0.05, 0.1) is 19.2 Å². The Morgan fingerprint density at radius 2 is 2.00 bits per heavy atom. The highest BCUT2D eigenvalue weighted by atomic mass is 127. The van der Waals surface area contributed by atoms with Crippen LogP contribution in [0.25, 0.3) is 6.08 Å². The summed E-state index contributed by atoms with van der Waals surface area (Å²) in [7, 11) is 0. The Morgan fingerprint density at radius 3 is 2.50 bits per heavy atom. The highest BCUT2D eigenvalue weighted by Crippen LogP contribution is 2.44. The fourth-order valence-corrected chi connectivity index (χ4v) is 2.58. The first-order valence-electron chi connectivity index (χ1n) is 4.98. The third kappa shape index (κ3) is 2.71. The Morgan fingerprint density at radius 1 is 1.40 bits per heavy atom. The largest absolute Gasteiger partial charge is 0.478 e. The number of hydrogen-bond acceptors (Lipinski definition) is 2. The number of fused-ring (bicyclic) bond motifs is 1. The highest BCUT2D eigenvalue weighted by molar-refractivity contribution is 14.1. The van der Waals surface area contributed by atoms with Crippen LogP contribution in [0.5, 0.6) is 5.75 Å². The number of rotatable bonds is 1. The summed E-state index contributed by atoms with van der Waals surface area (Å²) in [6.45, 7) is 0. The van der Waals surface area contributed by atoms with E-state index in [0.717, 1.165) is 6.08 Å². The lowest BCUT2D eigenvalue weighted by Crippen LogP contribution is -2.40. The van der Waals surface area contributed by atoms with Crippen molar-refractivity contribution in [1.82, 2.24) is 0 Å². The molecule has 1 atom stereocenters. The number of benzene rings is 1. The van der Waals surface area contributed by atoms with Gasteiger partial charge in [0, 0.05) is 5.56 Å². The molecule has 1 aliphatic rings. The third-order valence-corrected chi connectivity index (χ3v) is 4.94. The topological polar surface area (TPSA) is 46.5 Å². The summed E-state index contributed by atoms with van der Waals surface area (Å²) >= 11 is 13.5. The summed E-state index contributed by atoms with van der Waals surface area (Å²) < 4.78 is 43.7. The first-order valence-corrected chi connectivity index (χ1v) is 6.82. The number of carbonyl (C=O) groups is 1. The van der Waals surface area contributed by atoms with E-state index in [4.69, 9.17) is 33.0 Å². The summed E-state index contributed by atoms with van der Waals surface area (Å²) in [5.74, 6) is -1.95. The van der Waals surface area contributed by atoms with Gasteiger partial charge >= 0.3 is 12.1 Å². The SMILES string of the molecule is O=C(O)C1=Cc2cc(Cl)c(I)c(Cl)c2OC1C(F)(F)F. The molecule has 0 bridgehead atoms. The molecule has 3 nitrogen and oxygen atoms in total. The van der Waals surface area contributed by atoms with Crippen LogP contribution in [-0.4, -0.2) is 23.4 Å². The van der Waals surface area contributed by atoms with Gasteiger partial charge in [-0.25, -0.2) is 4.79 Å². The lowest BCUT2D eigenvalue weighted by molar-refractivity contribution is -0.187. The van der Waals surface area contributed by atoms with Crippen LogP contribution in [0, 0.1) is 3.57 Å². The molecule has 1 aliphatic heterocycles. The number of aliphatic carboxylic acids is 1. The van der Waals surface area contributed by atoms with E-state index in [-0.39, 0.29) is 21.4 Å². The van der Waals surface area contributed by atoms with E-state index >= 15 is 0 Å². The maximum absolute atomic E-state index is 12.9. The predicted molar refractivity (Wildman–Crippen MR) is 75.3 cm³/mol. The van der Waals surface area contributed by atoms with Crippen molar-refractivity contribution in [3.05, 3.63) is 30.8 Å². The molecule has 0 radical (unpaired) electrons. The van der Waals surface area contributed by atoms with Gasteiger partial charge in [-0.2, -0.15) is 13.2 Å². The zero-order chi connectivity index (χ0) is 15.2. The second kappa shape index (κ2) is 5.27. The molecular formula is C11H4Cl2F3IO3. The molecule has 1 N–H and O–H groups in total. The minimum absolute atomic E-state index is 0.0805. The average Bonchev–Trinajstić information content (AvgIpc) is 2.33. The van der Waals surface area contributed by atoms with E-state index in [1.807, 2.05) is 0 Å². The van der Waals surface area contributed by atoms with Crippen molar-refractivity contribution >= 4 is 57.8 Å². The van der Waals surface area contributed by atoms with Crippen LogP contribution >= 0.6 is 45.8 Å². The molecule has 1 aromatic rings. The molecule has 1 aromatic carbocycles. The van der Waals surface area contributed by atoms with Gasteiger partial charge in [0.25, 0.3) is 0 Å². The number of halogens is 6. The van der Waals surface area contributed by atoms with Crippen LogP contribution in [0.4, 0.5) is 13.2 Å². The summed E-state index contributed by atoms with van der Waals surface area (Å²) in [5, 5.41) is 8.99. The molecule has 9 heteroatoms. The van der Waals surface area contributed by atoms with E-state index in [9.17, 15) is 18.0 Å². The van der Waals surface area contributed by atoms with Crippen molar-refractivity contribution in [3.63, 3.8) is 0 Å². The smallest absolute Gasteiger partial charge is 0.430 e. The summed E-state index contributed by atoms with van der Waals surface area (Å²) in [6.07, 6.45) is -6.56. The molecule has 0 saturated heterocycles. The van der Waals surface area contributed by atoms with Gasteiger partial charge in [-0.05, 0) is 34.7 Å². The maximum atomic E-state index is 12.9. The Labute approximate surface area is 134 Å². The van der Waals surface area contributed by atoms with Gasteiger partial charge in [-0.3, -0.25) is 0 Å². The van der Waals surface area contributed by atoms with Crippen LogP contribution in [0.2, 0.25) is 10.0 Å². The van der Waals surface area contributed by atoms with Gasteiger partial charge in [-0.15, -0.1) is 0 Å². The van der Waals surface area contributed by atoms with Crippen LogP contribution in [0.3, 0.4) is 0 Å². The number of hydrogen-bond donors (Lipinski definition) is 1. The van der Waals surface area contributed by atoms with Crippen molar-refractivity contribution in [3.8, 4) is 5.75 Å². The third-order valence-electron chi connectivity index (χ3n) is 2.52. The molecule has 2 rings (SSSR count). The first-order chi connectivity index (χ1) is 9.12. The van der Waals surface area contributed by atoms with Crippen LogP contribution in [0.15, 0.2) is 11.6 Å².